The highest BCUT2D eigenvalue weighted by Gasteiger charge is 2.20. The van der Waals surface area contributed by atoms with Crippen molar-refractivity contribution >= 4 is 23.4 Å². The highest BCUT2D eigenvalue weighted by molar-refractivity contribution is 6.33. The van der Waals surface area contributed by atoms with Gasteiger partial charge in [-0.25, -0.2) is 0 Å². The summed E-state index contributed by atoms with van der Waals surface area (Å²) in [4.78, 5) is 25.7. The van der Waals surface area contributed by atoms with E-state index in [-0.39, 0.29) is 24.4 Å². The number of nitrogens with zero attached hydrogens (tertiary/aromatic N) is 1. The molecule has 1 heterocycles. The van der Waals surface area contributed by atoms with E-state index in [1.165, 1.54) is 4.90 Å². The quantitative estimate of drug-likeness (QED) is 0.921. The van der Waals surface area contributed by atoms with Crippen LogP contribution in [-0.2, 0) is 4.79 Å². The minimum absolute atomic E-state index is 0.106. The Labute approximate surface area is 133 Å². The molecule has 0 bridgehead atoms. The second-order valence-corrected chi connectivity index (χ2v) is 5.27. The first-order valence-electron chi connectivity index (χ1n) is 6.82. The Morgan fingerprint density at radius 1 is 1.27 bits per heavy atom. The van der Waals surface area contributed by atoms with Gasteiger partial charge in [-0.1, -0.05) is 23.7 Å². The first kappa shape index (κ1) is 16.1. The van der Waals surface area contributed by atoms with Gasteiger partial charge in [0.2, 0.25) is 5.91 Å². The first-order chi connectivity index (χ1) is 10.5. The zero-order valence-electron chi connectivity index (χ0n) is 12.4. The Balaban J connectivity index is 1.92. The predicted molar refractivity (Wildman–Crippen MR) is 83.7 cm³/mol. The monoisotopic (exact) mass is 320 g/mol. The number of halogens is 1. The van der Waals surface area contributed by atoms with Gasteiger partial charge in [0.25, 0.3) is 5.91 Å². The van der Waals surface area contributed by atoms with E-state index in [1.807, 2.05) is 6.92 Å². The lowest BCUT2D eigenvalue weighted by atomic mass is 10.2. The van der Waals surface area contributed by atoms with E-state index < -0.39 is 0 Å². The molecular weight excluding hydrogens is 304 g/mol. The first-order valence-corrected chi connectivity index (χ1v) is 7.20. The smallest absolute Gasteiger partial charge is 0.253 e. The number of nitrogens with one attached hydrogen (secondary N) is 1. The van der Waals surface area contributed by atoms with Gasteiger partial charge in [0.05, 0.1) is 29.4 Å². The van der Waals surface area contributed by atoms with Crippen LogP contribution in [-0.4, -0.2) is 30.3 Å². The molecule has 2 rings (SSSR count). The number of benzene rings is 1. The molecule has 0 saturated carbocycles. The summed E-state index contributed by atoms with van der Waals surface area (Å²) in [7, 11) is 1.66. The van der Waals surface area contributed by atoms with Crippen LogP contribution in [0.4, 0.5) is 0 Å². The van der Waals surface area contributed by atoms with E-state index in [4.69, 9.17) is 16.0 Å². The molecule has 1 aromatic heterocycles. The van der Waals surface area contributed by atoms with Crippen LogP contribution in [0.2, 0.25) is 5.02 Å². The SMILES string of the molecule is CC(c1ccco1)N(C)C(=O)CNC(=O)c1ccccc1Cl. The molecule has 0 aliphatic heterocycles. The van der Waals surface area contributed by atoms with Gasteiger partial charge in [0.1, 0.15) is 5.76 Å². The molecule has 0 saturated heterocycles. The van der Waals surface area contributed by atoms with Crippen LogP contribution >= 0.6 is 11.6 Å². The summed E-state index contributed by atoms with van der Waals surface area (Å²) in [6.07, 6.45) is 1.56. The molecule has 0 radical (unpaired) electrons. The van der Waals surface area contributed by atoms with Crippen LogP contribution < -0.4 is 5.32 Å². The van der Waals surface area contributed by atoms with Crippen molar-refractivity contribution in [1.29, 1.82) is 0 Å². The Morgan fingerprint density at radius 3 is 2.64 bits per heavy atom. The summed E-state index contributed by atoms with van der Waals surface area (Å²) >= 11 is 5.95. The van der Waals surface area contributed by atoms with Crippen LogP contribution in [0.5, 0.6) is 0 Å². The fraction of sp³-hybridized carbons (Fsp3) is 0.250. The molecule has 116 valence electrons. The average Bonchev–Trinajstić information content (AvgIpc) is 3.05. The van der Waals surface area contributed by atoms with E-state index in [1.54, 1.807) is 49.7 Å². The number of carbonyl (C=O) groups excluding carboxylic acids is 2. The average molecular weight is 321 g/mol. The summed E-state index contributed by atoms with van der Waals surface area (Å²) in [6.45, 7) is 1.75. The second-order valence-electron chi connectivity index (χ2n) is 4.86. The number of rotatable bonds is 5. The molecular formula is C16H17ClN2O3. The molecule has 1 unspecified atom stereocenters. The molecule has 5 nitrogen and oxygen atoms in total. The minimum Gasteiger partial charge on any atom is -0.467 e. The van der Waals surface area contributed by atoms with Crippen molar-refractivity contribution in [2.45, 2.75) is 13.0 Å². The Hall–Kier alpha value is -2.27. The summed E-state index contributed by atoms with van der Waals surface area (Å²) in [5, 5.41) is 2.93. The van der Waals surface area contributed by atoms with Crippen molar-refractivity contribution in [1.82, 2.24) is 10.2 Å². The number of amides is 2. The molecule has 0 aliphatic rings. The number of carbonyl (C=O) groups is 2. The fourth-order valence-corrected chi connectivity index (χ4v) is 2.18. The van der Waals surface area contributed by atoms with Crippen molar-refractivity contribution in [3.05, 3.63) is 59.0 Å². The highest BCUT2D eigenvalue weighted by Crippen LogP contribution is 2.19. The van der Waals surface area contributed by atoms with Crippen molar-refractivity contribution in [2.24, 2.45) is 0 Å². The molecule has 0 spiro atoms. The van der Waals surface area contributed by atoms with Crippen LogP contribution in [0.1, 0.15) is 29.1 Å². The third-order valence-corrected chi connectivity index (χ3v) is 3.78. The number of likely N-dealkylation sites (N-methyl/N-ethyl adjacent to an activating group) is 1. The molecule has 1 aromatic carbocycles. The lowest BCUT2D eigenvalue weighted by Crippen LogP contribution is -2.39. The van der Waals surface area contributed by atoms with Gasteiger partial charge in [0, 0.05) is 7.05 Å². The van der Waals surface area contributed by atoms with Crippen molar-refractivity contribution in [3.8, 4) is 0 Å². The number of hydrogen-bond acceptors (Lipinski definition) is 3. The summed E-state index contributed by atoms with van der Waals surface area (Å²) in [5.74, 6) is 0.0931. The van der Waals surface area contributed by atoms with Crippen LogP contribution in [0, 0.1) is 0 Å². The van der Waals surface area contributed by atoms with Crippen molar-refractivity contribution in [3.63, 3.8) is 0 Å². The van der Waals surface area contributed by atoms with Gasteiger partial charge in [-0.2, -0.15) is 0 Å². The molecule has 0 fully saturated rings. The lowest BCUT2D eigenvalue weighted by Gasteiger charge is -2.23. The van der Waals surface area contributed by atoms with Crippen LogP contribution in [0.25, 0.3) is 0 Å². The molecule has 6 heteroatoms. The molecule has 2 aromatic rings. The Bertz CT molecular complexity index is 655. The maximum absolute atomic E-state index is 12.1. The molecule has 1 N–H and O–H groups in total. The van der Waals surface area contributed by atoms with Crippen LogP contribution in [0.15, 0.2) is 47.1 Å². The van der Waals surface area contributed by atoms with E-state index in [0.717, 1.165) is 0 Å². The van der Waals surface area contributed by atoms with E-state index >= 15 is 0 Å². The predicted octanol–water partition coefficient (Wildman–Crippen LogP) is 2.88. The minimum atomic E-state index is -0.377. The van der Waals surface area contributed by atoms with Crippen molar-refractivity contribution < 1.29 is 14.0 Å². The molecule has 2 amide bonds. The van der Waals surface area contributed by atoms with Gasteiger partial charge in [-0.3, -0.25) is 9.59 Å². The third-order valence-electron chi connectivity index (χ3n) is 3.45. The lowest BCUT2D eigenvalue weighted by molar-refractivity contribution is -0.131. The largest absolute Gasteiger partial charge is 0.467 e. The normalized spacial score (nSPS) is 11.8. The zero-order valence-corrected chi connectivity index (χ0v) is 13.1. The molecule has 22 heavy (non-hydrogen) atoms. The molecule has 0 aliphatic carbocycles. The third kappa shape index (κ3) is 3.68. The number of hydrogen-bond donors (Lipinski definition) is 1. The van der Waals surface area contributed by atoms with Gasteiger partial charge in [-0.05, 0) is 31.2 Å². The van der Waals surface area contributed by atoms with Gasteiger partial charge in [-0.15, -0.1) is 0 Å². The van der Waals surface area contributed by atoms with Crippen molar-refractivity contribution in [2.75, 3.05) is 13.6 Å². The van der Waals surface area contributed by atoms with Gasteiger partial charge >= 0.3 is 0 Å². The topological polar surface area (TPSA) is 62.6 Å². The van der Waals surface area contributed by atoms with Gasteiger partial charge < -0.3 is 14.6 Å². The van der Waals surface area contributed by atoms with E-state index in [9.17, 15) is 9.59 Å². The van der Waals surface area contributed by atoms with E-state index in [2.05, 4.69) is 5.32 Å². The standard InChI is InChI=1S/C16H17ClN2O3/c1-11(14-8-5-9-22-14)19(2)15(20)10-18-16(21)12-6-3-4-7-13(12)17/h3-9,11H,10H2,1-2H3,(H,18,21). The number of furan rings is 1. The maximum Gasteiger partial charge on any atom is 0.253 e. The highest BCUT2D eigenvalue weighted by atomic mass is 35.5. The zero-order chi connectivity index (χ0) is 16.1. The molecule has 1 atom stereocenters. The summed E-state index contributed by atoms with van der Waals surface area (Å²) in [5.41, 5.74) is 0.346. The Morgan fingerprint density at radius 2 is 2.00 bits per heavy atom. The van der Waals surface area contributed by atoms with E-state index in [0.29, 0.717) is 16.3 Å². The maximum atomic E-state index is 12.1. The Kier molecular flexibility index (Phi) is 5.22. The van der Waals surface area contributed by atoms with Gasteiger partial charge in [0.15, 0.2) is 0 Å². The summed E-state index contributed by atoms with van der Waals surface area (Å²) in [6, 6.07) is 10.1. The fourth-order valence-electron chi connectivity index (χ4n) is 1.96. The van der Waals surface area contributed by atoms with Crippen LogP contribution in [0.3, 0.4) is 0 Å². The summed E-state index contributed by atoms with van der Waals surface area (Å²) < 4.78 is 5.28. The second kappa shape index (κ2) is 7.13.